The monoisotopic (exact) mass is 336 g/mol. The molecule has 128 valence electrons. The van der Waals surface area contributed by atoms with Gasteiger partial charge in [0.15, 0.2) is 8.32 Å². The molecule has 0 saturated carbocycles. The van der Waals surface area contributed by atoms with Crippen molar-refractivity contribution in [3.63, 3.8) is 0 Å². The van der Waals surface area contributed by atoms with E-state index in [0.29, 0.717) is 12.2 Å². The second-order valence-electron chi connectivity index (χ2n) is 7.78. The van der Waals surface area contributed by atoms with Gasteiger partial charge >= 0.3 is 5.97 Å². The van der Waals surface area contributed by atoms with E-state index in [1.54, 1.807) is 0 Å². The summed E-state index contributed by atoms with van der Waals surface area (Å²) in [6, 6.07) is 3.81. The molecule has 0 aliphatic carbocycles. The smallest absolute Gasteiger partial charge is 0.338 e. The normalized spacial score (nSPS) is 18.1. The van der Waals surface area contributed by atoms with E-state index >= 15 is 0 Å². The Morgan fingerprint density at radius 1 is 1.30 bits per heavy atom. The van der Waals surface area contributed by atoms with Crippen molar-refractivity contribution in [2.45, 2.75) is 58.4 Å². The Morgan fingerprint density at radius 2 is 1.96 bits per heavy atom. The third-order valence-corrected chi connectivity index (χ3v) is 9.49. The standard InChI is InChI=1S/C18H28O4Si/c1-12-8-16-13(10-15(12)17(19)20-5)9-14(11-21-16)22-23(6,7)18(2,3)4/h8,10,14H,9,11H2,1-7H3/t14-/m1/s1. The molecule has 1 atom stereocenters. The molecule has 1 heterocycles. The highest BCUT2D eigenvalue weighted by molar-refractivity contribution is 6.74. The van der Waals surface area contributed by atoms with Gasteiger partial charge in [-0.25, -0.2) is 4.79 Å². The van der Waals surface area contributed by atoms with Gasteiger partial charge < -0.3 is 13.9 Å². The molecule has 0 saturated heterocycles. The van der Waals surface area contributed by atoms with Crippen molar-refractivity contribution in [1.82, 2.24) is 0 Å². The summed E-state index contributed by atoms with van der Waals surface area (Å²) in [5.74, 6) is 0.544. The number of esters is 1. The maximum atomic E-state index is 11.9. The van der Waals surface area contributed by atoms with E-state index in [2.05, 4.69) is 33.9 Å². The third-order valence-electron chi connectivity index (χ3n) is 4.95. The molecule has 23 heavy (non-hydrogen) atoms. The minimum atomic E-state index is -1.84. The molecule has 0 spiro atoms. The number of fused-ring (bicyclic) bond motifs is 1. The molecule has 1 aliphatic heterocycles. The molecule has 2 rings (SSSR count). The van der Waals surface area contributed by atoms with Crippen molar-refractivity contribution in [2.24, 2.45) is 0 Å². The van der Waals surface area contributed by atoms with Crippen molar-refractivity contribution < 1.29 is 18.7 Å². The lowest BCUT2D eigenvalue weighted by Gasteiger charge is -2.40. The van der Waals surface area contributed by atoms with Crippen molar-refractivity contribution in [1.29, 1.82) is 0 Å². The third kappa shape index (κ3) is 3.78. The first-order chi connectivity index (χ1) is 10.5. The largest absolute Gasteiger partial charge is 0.491 e. The van der Waals surface area contributed by atoms with Crippen LogP contribution in [0.4, 0.5) is 0 Å². The number of carbonyl (C=O) groups excluding carboxylic acids is 1. The van der Waals surface area contributed by atoms with Gasteiger partial charge in [0.05, 0.1) is 18.8 Å². The first-order valence-electron chi connectivity index (χ1n) is 8.07. The van der Waals surface area contributed by atoms with Crippen molar-refractivity contribution in [3.8, 4) is 5.75 Å². The van der Waals surface area contributed by atoms with Crippen molar-refractivity contribution in [2.75, 3.05) is 13.7 Å². The summed E-state index contributed by atoms with van der Waals surface area (Å²) >= 11 is 0. The fraction of sp³-hybridized carbons (Fsp3) is 0.611. The molecule has 0 N–H and O–H groups in total. The van der Waals surface area contributed by atoms with Gasteiger partial charge in [0, 0.05) is 6.42 Å². The first-order valence-corrected chi connectivity index (χ1v) is 11.0. The summed E-state index contributed by atoms with van der Waals surface area (Å²) in [5.41, 5.74) is 2.49. The van der Waals surface area contributed by atoms with Crippen LogP contribution < -0.4 is 4.74 Å². The lowest BCUT2D eigenvalue weighted by atomic mass is 9.98. The van der Waals surface area contributed by atoms with E-state index < -0.39 is 8.32 Å². The number of ether oxygens (including phenoxy) is 2. The van der Waals surface area contributed by atoms with Gasteiger partial charge in [-0.15, -0.1) is 0 Å². The highest BCUT2D eigenvalue weighted by Gasteiger charge is 2.40. The average Bonchev–Trinajstić information content (AvgIpc) is 2.44. The second kappa shape index (κ2) is 6.28. The Bertz CT molecular complexity index is 602. The minimum Gasteiger partial charge on any atom is -0.491 e. The Morgan fingerprint density at radius 3 is 2.52 bits per heavy atom. The molecule has 0 aromatic heterocycles. The van der Waals surface area contributed by atoms with E-state index in [1.807, 2.05) is 19.1 Å². The fourth-order valence-electron chi connectivity index (χ4n) is 2.51. The first kappa shape index (κ1) is 18.0. The second-order valence-corrected chi connectivity index (χ2v) is 12.5. The SMILES string of the molecule is COC(=O)c1cc2c(cc1C)OC[C@H](O[Si](C)(C)C(C)(C)C)C2. The molecule has 0 fully saturated rings. The summed E-state index contributed by atoms with van der Waals surface area (Å²) < 4.78 is 17.2. The summed E-state index contributed by atoms with van der Waals surface area (Å²) in [6.45, 7) is 13.7. The van der Waals surface area contributed by atoms with Crippen LogP contribution in [0, 0.1) is 6.92 Å². The lowest BCUT2D eigenvalue weighted by molar-refractivity contribution is 0.0598. The minimum absolute atomic E-state index is 0.0385. The van der Waals surface area contributed by atoms with Crippen LogP contribution in [0.3, 0.4) is 0 Å². The van der Waals surface area contributed by atoms with E-state index in [9.17, 15) is 4.79 Å². The Hall–Kier alpha value is -1.33. The highest BCUT2D eigenvalue weighted by atomic mass is 28.4. The zero-order chi connectivity index (χ0) is 17.4. The zero-order valence-corrected chi connectivity index (χ0v) is 16.3. The van der Waals surface area contributed by atoms with Gasteiger partial charge in [-0.1, -0.05) is 20.8 Å². The van der Waals surface area contributed by atoms with Gasteiger partial charge in [-0.05, 0) is 48.3 Å². The molecule has 1 aliphatic rings. The molecule has 0 radical (unpaired) electrons. The summed E-state index contributed by atoms with van der Waals surface area (Å²) in [6.07, 6.45) is 0.808. The van der Waals surface area contributed by atoms with Crippen LogP contribution in [-0.4, -0.2) is 34.1 Å². The maximum absolute atomic E-state index is 11.9. The van der Waals surface area contributed by atoms with Crippen LogP contribution in [-0.2, 0) is 15.6 Å². The number of aryl methyl sites for hydroxylation is 1. The van der Waals surface area contributed by atoms with Crippen LogP contribution in [0.15, 0.2) is 12.1 Å². The van der Waals surface area contributed by atoms with Gasteiger partial charge in [0.25, 0.3) is 0 Å². The number of methoxy groups -OCH3 is 1. The van der Waals surface area contributed by atoms with E-state index in [1.165, 1.54) is 7.11 Å². The molecule has 1 aromatic rings. The van der Waals surface area contributed by atoms with Gasteiger partial charge in [-0.3, -0.25) is 0 Å². The summed E-state index contributed by atoms with van der Waals surface area (Å²) in [4.78, 5) is 11.9. The Labute approximate surface area is 140 Å². The fourth-order valence-corrected chi connectivity index (χ4v) is 3.84. The number of hydrogen-bond acceptors (Lipinski definition) is 4. The molecule has 0 amide bonds. The summed E-state index contributed by atoms with van der Waals surface area (Å²) in [7, 11) is -0.435. The predicted molar refractivity (Wildman–Crippen MR) is 93.8 cm³/mol. The molecule has 0 unspecified atom stereocenters. The molecule has 1 aromatic carbocycles. The van der Waals surface area contributed by atoms with E-state index in [-0.39, 0.29) is 17.1 Å². The number of rotatable bonds is 3. The van der Waals surface area contributed by atoms with Crippen molar-refractivity contribution in [3.05, 3.63) is 28.8 Å². The van der Waals surface area contributed by atoms with Crippen molar-refractivity contribution >= 4 is 14.3 Å². The topological polar surface area (TPSA) is 44.8 Å². The quantitative estimate of drug-likeness (QED) is 0.615. The number of hydrogen-bond donors (Lipinski definition) is 0. The average molecular weight is 337 g/mol. The van der Waals surface area contributed by atoms with Gasteiger partial charge in [0.1, 0.15) is 12.4 Å². The van der Waals surface area contributed by atoms with Crippen LogP contribution >= 0.6 is 0 Å². The molecule has 0 bridgehead atoms. The van der Waals surface area contributed by atoms with Gasteiger partial charge in [0.2, 0.25) is 0 Å². The van der Waals surface area contributed by atoms with E-state index in [0.717, 1.165) is 23.3 Å². The Balaban J connectivity index is 2.22. The lowest BCUT2D eigenvalue weighted by Crippen LogP contribution is -2.46. The van der Waals surface area contributed by atoms with E-state index in [4.69, 9.17) is 13.9 Å². The zero-order valence-electron chi connectivity index (χ0n) is 15.3. The maximum Gasteiger partial charge on any atom is 0.338 e. The van der Waals surface area contributed by atoms with Crippen LogP contribution in [0.2, 0.25) is 18.1 Å². The van der Waals surface area contributed by atoms with Crippen LogP contribution in [0.25, 0.3) is 0 Å². The molecule has 4 nitrogen and oxygen atoms in total. The highest BCUT2D eigenvalue weighted by Crippen LogP contribution is 2.39. The molecule has 5 heteroatoms. The summed E-state index contributed by atoms with van der Waals surface area (Å²) in [5, 5.41) is 0.164. The number of benzene rings is 1. The van der Waals surface area contributed by atoms with Crippen LogP contribution in [0.5, 0.6) is 5.75 Å². The van der Waals surface area contributed by atoms with Gasteiger partial charge in [-0.2, -0.15) is 0 Å². The molecular formula is C18H28O4Si. The number of carbonyl (C=O) groups is 1. The Kier molecular flexibility index (Phi) is 4.92. The molecular weight excluding hydrogens is 308 g/mol. The predicted octanol–water partition coefficient (Wildman–Crippen LogP) is 4.11. The van der Waals surface area contributed by atoms with Crippen LogP contribution in [0.1, 0.15) is 42.3 Å².